The Hall–Kier alpha value is -1.59. The number of nitrogens with zero attached hydrogens (tertiary/aromatic N) is 3. The maximum Gasteiger partial charge on any atom is 0.323 e. The summed E-state index contributed by atoms with van der Waals surface area (Å²) in [5.41, 5.74) is 0. The van der Waals surface area contributed by atoms with Gasteiger partial charge in [0.15, 0.2) is 0 Å². The second-order valence-corrected chi connectivity index (χ2v) is 4.75. The van der Waals surface area contributed by atoms with E-state index in [9.17, 15) is 0 Å². The number of hydrogen-bond donors (Lipinski definition) is 2. The third-order valence-corrected chi connectivity index (χ3v) is 3.20. The number of aromatic nitrogens is 3. The first-order chi connectivity index (χ1) is 9.73. The van der Waals surface area contributed by atoms with Crippen molar-refractivity contribution in [3.05, 3.63) is 0 Å². The van der Waals surface area contributed by atoms with Crippen LogP contribution in [-0.2, 0) is 0 Å². The molecule has 1 aromatic rings. The molecule has 2 N–H and O–H groups in total. The highest BCUT2D eigenvalue weighted by Gasteiger charge is 2.09. The molecule has 0 aliphatic rings. The fourth-order valence-corrected chi connectivity index (χ4v) is 1.92. The van der Waals surface area contributed by atoms with E-state index in [4.69, 9.17) is 4.74 Å². The molecule has 114 valence electrons. The average molecular weight is 281 g/mol. The molecule has 0 saturated carbocycles. The van der Waals surface area contributed by atoms with Gasteiger partial charge in [-0.1, -0.05) is 33.1 Å². The van der Waals surface area contributed by atoms with Crippen molar-refractivity contribution in [1.29, 1.82) is 0 Å². The van der Waals surface area contributed by atoms with Crippen molar-refractivity contribution in [2.45, 2.75) is 46.5 Å². The summed E-state index contributed by atoms with van der Waals surface area (Å²) < 4.78 is 5.34. The number of hydrogen-bond acceptors (Lipinski definition) is 6. The van der Waals surface area contributed by atoms with Crippen LogP contribution in [0.2, 0.25) is 0 Å². The van der Waals surface area contributed by atoms with Gasteiger partial charge in [-0.05, 0) is 19.3 Å². The van der Waals surface area contributed by atoms with Gasteiger partial charge in [-0.2, -0.15) is 15.0 Å². The van der Waals surface area contributed by atoms with Crippen LogP contribution in [0.4, 0.5) is 11.9 Å². The van der Waals surface area contributed by atoms with Crippen LogP contribution in [0.3, 0.4) is 0 Å². The fourth-order valence-electron chi connectivity index (χ4n) is 1.92. The highest BCUT2D eigenvalue weighted by molar-refractivity contribution is 5.35. The van der Waals surface area contributed by atoms with Crippen LogP contribution >= 0.6 is 0 Å². The Morgan fingerprint density at radius 1 is 1.10 bits per heavy atom. The molecule has 1 atom stereocenters. The minimum absolute atomic E-state index is 0.357. The lowest BCUT2D eigenvalue weighted by Gasteiger charge is -2.15. The van der Waals surface area contributed by atoms with E-state index in [1.165, 1.54) is 19.3 Å². The Bertz CT molecular complexity index is 386. The summed E-state index contributed by atoms with van der Waals surface area (Å²) in [6, 6.07) is 0.357. The SMILES string of the molecule is CCCCC(CC)CNc1nc(NC)nc(OCC)n1. The van der Waals surface area contributed by atoms with Gasteiger partial charge in [0.2, 0.25) is 11.9 Å². The van der Waals surface area contributed by atoms with Crippen LogP contribution < -0.4 is 15.4 Å². The minimum Gasteiger partial charge on any atom is -0.464 e. The number of nitrogens with one attached hydrogen (secondary N) is 2. The van der Waals surface area contributed by atoms with E-state index in [1.807, 2.05) is 6.92 Å². The van der Waals surface area contributed by atoms with Crippen molar-refractivity contribution >= 4 is 11.9 Å². The molecule has 0 spiro atoms. The van der Waals surface area contributed by atoms with Gasteiger partial charge in [-0.3, -0.25) is 0 Å². The first-order valence-corrected chi connectivity index (χ1v) is 7.53. The van der Waals surface area contributed by atoms with Crippen molar-refractivity contribution in [2.24, 2.45) is 5.92 Å². The fraction of sp³-hybridized carbons (Fsp3) is 0.786. The van der Waals surface area contributed by atoms with Crippen LogP contribution in [0, 0.1) is 5.92 Å². The van der Waals surface area contributed by atoms with Gasteiger partial charge in [0.25, 0.3) is 0 Å². The molecule has 1 heterocycles. The highest BCUT2D eigenvalue weighted by Crippen LogP contribution is 2.15. The Labute approximate surface area is 121 Å². The zero-order valence-electron chi connectivity index (χ0n) is 13.1. The van der Waals surface area contributed by atoms with Crippen molar-refractivity contribution in [2.75, 3.05) is 30.8 Å². The lowest BCUT2D eigenvalue weighted by atomic mass is 9.99. The summed E-state index contributed by atoms with van der Waals surface area (Å²) in [6.45, 7) is 7.78. The molecule has 1 aromatic heterocycles. The molecule has 0 fully saturated rings. The lowest BCUT2D eigenvalue weighted by Crippen LogP contribution is -2.16. The molecule has 6 heteroatoms. The summed E-state index contributed by atoms with van der Waals surface area (Å²) >= 11 is 0. The molecular weight excluding hydrogens is 254 g/mol. The van der Waals surface area contributed by atoms with Gasteiger partial charge in [0, 0.05) is 13.6 Å². The van der Waals surface area contributed by atoms with Crippen LogP contribution in [0.1, 0.15) is 46.5 Å². The largest absolute Gasteiger partial charge is 0.464 e. The quantitative estimate of drug-likeness (QED) is 0.687. The van der Waals surface area contributed by atoms with Crippen LogP contribution in [0.15, 0.2) is 0 Å². The standard InChI is InChI=1S/C14H27N5O/c1-5-8-9-11(6-2)10-16-13-17-12(15-4)18-14(19-13)20-7-3/h11H,5-10H2,1-4H3,(H2,15,16,17,18,19). The Morgan fingerprint density at radius 2 is 1.85 bits per heavy atom. The molecule has 1 unspecified atom stereocenters. The van der Waals surface area contributed by atoms with Crippen LogP contribution in [-0.4, -0.2) is 35.2 Å². The molecule has 0 amide bonds. The van der Waals surface area contributed by atoms with E-state index in [2.05, 4.69) is 39.4 Å². The van der Waals surface area contributed by atoms with Crippen molar-refractivity contribution in [1.82, 2.24) is 15.0 Å². The smallest absolute Gasteiger partial charge is 0.323 e. The van der Waals surface area contributed by atoms with E-state index in [-0.39, 0.29) is 0 Å². The zero-order valence-corrected chi connectivity index (χ0v) is 13.1. The molecule has 20 heavy (non-hydrogen) atoms. The summed E-state index contributed by atoms with van der Waals surface area (Å²) in [4.78, 5) is 12.7. The molecule has 1 rings (SSSR count). The van der Waals surface area contributed by atoms with E-state index >= 15 is 0 Å². The average Bonchev–Trinajstić information content (AvgIpc) is 2.47. The summed E-state index contributed by atoms with van der Waals surface area (Å²) in [5, 5.41) is 6.22. The summed E-state index contributed by atoms with van der Waals surface area (Å²) in [7, 11) is 1.78. The zero-order chi connectivity index (χ0) is 14.8. The Balaban J connectivity index is 2.63. The monoisotopic (exact) mass is 281 g/mol. The first-order valence-electron chi connectivity index (χ1n) is 7.53. The first kappa shape index (κ1) is 16.5. The van der Waals surface area contributed by atoms with Gasteiger partial charge in [0.05, 0.1) is 6.61 Å². The normalized spacial score (nSPS) is 12.0. The molecule has 0 aromatic carbocycles. The van der Waals surface area contributed by atoms with Crippen molar-refractivity contribution in [3.63, 3.8) is 0 Å². The van der Waals surface area contributed by atoms with Crippen molar-refractivity contribution in [3.8, 4) is 6.01 Å². The summed E-state index contributed by atoms with van der Waals surface area (Å²) in [5.74, 6) is 1.75. The number of unbranched alkanes of at least 4 members (excludes halogenated alkanes) is 1. The third kappa shape index (κ3) is 5.59. The van der Waals surface area contributed by atoms with Crippen LogP contribution in [0.5, 0.6) is 6.01 Å². The number of anilines is 2. The predicted molar refractivity (Wildman–Crippen MR) is 82.3 cm³/mol. The minimum atomic E-state index is 0.357. The molecule has 0 aliphatic heterocycles. The number of ether oxygens (including phenoxy) is 1. The molecule has 6 nitrogen and oxygen atoms in total. The number of rotatable bonds is 10. The molecule has 0 radical (unpaired) electrons. The topological polar surface area (TPSA) is 72.0 Å². The summed E-state index contributed by atoms with van der Waals surface area (Å²) in [6.07, 6.45) is 4.90. The second kappa shape index (κ2) is 9.34. The second-order valence-electron chi connectivity index (χ2n) is 4.75. The Kier molecular flexibility index (Phi) is 7.69. The van der Waals surface area contributed by atoms with Crippen molar-refractivity contribution < 1.29 is 4.74 Å². The van der Waals surface area contributed by atoms with Gasteiger partial charge in [0.1, 0.15) is 0 Å². The van der Waals surface area contributed by atoms with Gasteiger partial charge < -0.3 is 15.4 Å². The Morgan fingerprint density at radius 3 is 2.45 bits per heavy atom. The van der Waals surface area contributed by atoms with Gasteiger partial charge in [-0.25, -0.2) is 0 Å². The van der Waals surface area contributed by atoms with E-state index in [0.717, 1.165) is 13.0 Å². The maximum absolute atomic E-state index is 5.34. The van der Waals surface area contributed by atoms with E-state index in [1.54, 1.807) is 7.05 Å². The van der Waals surface area contributed by atoms with Gasteiger partial charge in [-0.15, -0.1) is 0 Å². The molecular formula is C14H27N5O. The lowest BCUT2D eigenvalue weighted by molar-refractivity contribution is 0.312. The maximum atomic E-state index is 5.34. The van der Waals surface area contributed by atoms with E-state index in [0.29, 0.717) is 30.4 Å². The van der Waals surface area contributed by atoms with Crippen LogP contribution in [0.25, 0.3) is 0 Å². The van der Waals surface area contributed by atoms with E-state index < -0.39 is 0 Å². The third-order valence-electron chi connectivity index (χ3n) is 3.20. The predicted octanol–water partition coefficient (Wildman–Crippen LogP) is 2.94. The molecule has 0 aliphatic carbocycles. The molecule has 0 saturated heterocycles. The highest BCUT2D eigenvalue weighted by atomic mass is 16.5. The van der Waals surface area contributed by atoms with Gasteiger partial charge >= 0.3 is 6.01 Å². The molecule has 0 bridgehead atoms.